The Balaban J connectivity index is 1.92. The molecule has 8 heteroatoms. The lowest BCUT2D eigenvalue weighted by atomic mass is 9.87. The first-order valence-electron chi connectivity index (χ1n) is 11.0. The highest BCUT2D eigenvalue weighted by atomic mass is 79.9. The average Bonchev–Trinajstić information content (AvgIpc) is 2.89. The van der Waals surface area contributed by atoms with Crippen LogP contribution in [0.4, 0.5) is 0 Å². The number of thiocarbonyl (C=S) groups is 1. The van der Waals surface area contributed by atoms with Gasteiger partial charge in [0.15, 0.2) is 29.0 Å². The van der Waals surface area contributed by atoms with Gasteiger partial charge in [0.05, 0.1) is 23.9 Å². The fourth-order valence-electron chi connectivity index (χ4n) is 3.88. The molecular formula is C27H22BrN3O3S. The minimum Gasteiger partial charge on any atom is -0.490 e. The summed E-state index contributed by atoms with van der Waals surface area (Å²) in [5, 5.41) is 15.8. The summed E-state index contributed by atoms with van der Waals surface area (Å²) in [6.07, 6.45) is 0. The van der Waals surface area contributed by atoms with Crippen LogP contribution in [-0.4, -0.2) is 24.1 Å². The highest BCUT2D eigenvalue weighted by Crippen LogP contribution is 2.41. The first-order valence-corrected chi connectivity index (χ1v) is 12.2. The number of halogens is 1. The molecule has 0 saturated heterocycles. The van der Waals surface area contributed by atoms with Crippen LogP contribution in [0, 0.1) is 11.3 Å². The standard InChI is InChI=1S/C27H22BrN3O3S/c1-2-33-21-15-19(20(28)16-22(21)34-14-13-29)25-23(26(32)18-11-7-4-8-12-18)24(30-27(35)31-25)17-9-5-3-6-10-17/h3-12,15-16,25H,2,14H2,1H3,(H2,30,31,35)/t25-/m0/s1. The SMILES string of the molecule is CCOc1cc([C@@H]2NC(=S)NC(c3ccccc3)=C2C(=O)c2ccccc2)c(Br)cc1OCC#N. The predicted molar refractivity (Wildman–Crippen MR) is 142 cm³/mol. The van der Waals surface area contributed by atoms with Crippen LogP contribution in [0.25, 0.3) is 5.70 Å². The third kappa shape index (κ3) is 5.37. The molecule has 0 aromatic heterocycles. The van der Waals surface area contributed by atoms with Crippen molar-refractivity contribution in [2.75, 3.05) is 13.2 Å². The molecule has 3 aromatic carbocycles. The third-order valence-electron chi connectivity index (χ3n) is 5.38. The first-order chi connectivity index (χ1) is 17.0. The maximum atomic E-state index is 13.9. The first kappa shape index (κ1) is 24.5. The van der Waals surface area contributed by atoms with Gasteiger partial charge >= 0.3 is 0 Å². The Morgan fingerprint density at radius 3 is 2.37 bits per heavy atom. The van der Waals surface area contributed by atoms with Crippen molar-refractivity contribution >= 4 is 44.7 Å². The second kappa shape index (κ2) is 11.2. The zero-order valence-corrected chi connectivity index (χ0v) is 21.3. The zero-order valence-electron chi connectivity index (χ0n) is 18.9. The molecule has 0 saturated carbocycles. The fraction of sp³-hybridized carbons (Fsp3) is 0.148. The number of hydrogen-bond donors (Lipinski definition) is 2. The van der Waals surface area contributed by atoms with Crippen molar-refractivity contribution in [3.8, 4) is 17.6 Å². The van der Waals surface area contributed by atoms with E-state index in [2.05, 4.69) is 26.6 Å². The van der Waals surface area contributed by atoms with E-state index in [0.717, 1.165) is 11.1 Å². The molecule has 0 spiro atoms. The Morgan fingerprint density at radius 2 is 1.71 bits per heavy atom. The van der Waals surface area contributed by atoms with Gasteiger partial charge < -0.3 is 20.1 Å². The van der Waals surface area contributed by atoms with Crippen LogP contribution < -0.4 is 20.1 Å². The summed E-state index contributed by atoms with van der Waals surface area (Å²) in [5.41, 5.74) is 3.31. The number of nitrogens with one attached hydrogen (secondary N) is 2. The van der Waals surface area contributed by atoms with Crippen molar-refractivity contribution in [3.63, 3.8) is 0 Å². The second-order valence-electron chi connectivity index (χ2n) is 7.58. The molecule has 1 aliphatic heterocycles. The van der Waals surface area contributed by atoms with E-state index in [9.17, 15) is 4.79 Å². The van der Waals surface area contributed by atoms with Crippen molar-refractivity contribution < 1.29 is 14.3 Å². The number of nitrogens with zero attached hydrogens (tertiary/aromatic N) is 1. The number of nitriles is 1. The quantitative estimate of drug-likeness (QED) is 0.282. The molecular weight excluding hydrogens is 526 g/mol. The summed E-state index contributed by atoms with van der Waals surface area (Å²) in [4.78, 5) is 13.9. The van der Waals surface area contributed by atoms with E-state index in [-0.39, 0.29) is 12.4 Å². The van der Waals surface area contributed by atoms with E-state index in [1.807, 2.05) is 67.6 Å². The normalized spacial score (nSPS) is 15.0. The van der Waals surface area contributed by atoms with Crippen LogP contribution >= 0.6 is 28.1 Å². The van der Waals surface area contributed by atoms with Crippen LogP contribution in [0.5, 0.6) is 11.5 Å². The molecule has 0 fully saturated rings. The molecule has 1 atom stereocenters. The minimum atomic E-state index is -0.578. The molecule has 3 aromatic rings. The van der Waals surface area contributed by atoms with Gasteiger partial charge in [-0.25, -0.2) is 0 Å². The van der Waals surface area contributed by atoms with Gasteiger partial charge in [0.2, 0.25) is 0 Å². The van der Waals surface area contributed by atoms with Gasteiger partial charge in [-0.15, -0.1) is 0 Å². The Morgan fingerprint density at radius 1 is 1.06 bits per heavy atom. The molecule has 0 amide bonds. The number of Topliss-reactive ketones (excluding diaryl/α,β-unsaturated/α-hetero) is 1. The molecule has 2 N–H and O–H groups in total. The zero-order chi connectivity index (χ0) is 24.8. The van der Waals surface area contributed by atoms with Gasteiger partial charge in [-0.05, 0) is 42.4 Å². The number of ether oxygens (including phenoxy) is 2. The summed E-state index contributed by atoms with van der Waals surface area (Å²) >= 11 is 9.18. The van der Waals surface area contributed by atoms with E-state index in [1.165, 1.54) is 0 Å². The summed E-state index contributed by atoms with van der Waals surface area (Å²) < 4.78 is 12.1. The smallest absolute Gasteiger partial charge is 0.193 e. The predicted octanol–water partition coefficient (Wildman–Crippen LogP) is 5.56. The lowest BCUT2D eigenvalue weighted by Crippen LogP contribution is -2.45. The van der Waals surface area contributed by atoms with Crippen molar-refractivity contribution in [3.05, 3.63) is 99.5 Å². The Labute approximate surface area is 217 Å². The van der Waals surface area contributed by atoms with Gasteiger partial charge in [0.1, 0.15) is 6.07 Å². The molecule has 1 aliphatic rings. The molecule has 35 heavy (non-hydrogen) atoms. The fourth-order valence-corrected chi connectivity index (χ4v) is 4.65. The van der Waals surface area contributed by atoms with Crippen molar-refractivity contribution in [1.29, 1.82) is 5.26 Å². The Bertz CT molecular complexity index is 1320. The van der Waals surface area contributed by atoms with Crippen molar-refractivity contribution in [2.24, 2.45) is 0 Å². The number of ketones is 1. The molecule has 1 heterocycles. The van der Waals surface area contributed by atoms with Gasteiger partial charge in [-0.3, -0.25) is 4.79 Å². The third-order valence-corrected chi connectivity index (χ3v) is 6.29. The number of carbonyl (C=O) groups excluding carboxylic acids is 1. The highest BCUT2D eigenvalue weighted by molar-refractivity contribution is 9.10. The molecule has 4 rings (SSSR count). The second-order valence-corrected chi connectivity index (χ2v) is 8.84. The van der Waals surface area contributed by atoms with Crippen LogP contribution in [0.3, 0.4) is 0 Å². The van der Waals surface area contributed by atoms with Crippen LogP contribution in [0.2, 0.25) is 0 Å². The molecule has 6 nitrogen and oxygen atoms in total. The summed E-state index contributed by atoms with van der Waals surface area (Å²) in [7, 11) is 0. The van der Waals surface area contributed by atoms with Crippen LogP contribution in [0.15, 0.2) is 82.8 Å². The minimum absolute atomic E-state index is 0.114. The van der Waals surface area contributed by atoms with E-state index >= 15 is 0 Å². The summed E-state index contributed by atoms with van der Waals surface area (Å²) in [6.45, 7) is 2.16. The summed E-state index contributed by atoms with van der Waals surface area (Å²) in [6, 6.07) is 23.7. The van der Waals surface area contributed by atoms with Gasteiger partial charge in [0, 0.05) is 10.0 Å². The van der Waals surface area contributed by atoms with Crippen molar-refractivity contribution in [2.45, 2.75) is 13.0 Å². The number of carbonyl (C=O) groups is 1. The van der Waals surface area contributed by atoms with E-state index < -0.39 is 6.04 Å². The monoisotopic (exact) mass is 547 g/mol. The van der Waals surface area contributed by atoms with E-state index in [0.29, 0.717) is 44.5 Å². The topological polar surface area (TPSA) is 83.4 Å². The lowest BCUT2D eigenvalue weighted by Gasteiger charge is -2.32. The van der Waals surface area contributed by atoms with Crippen molar-refractivity contribution in [1.82, 2.24) is 10.6 Å². The molecule has 0 unspecified atom stereocenters. The number of rotatable bonds is 8. The van der Waals surface area contributed by atoms with Gasteiger partial charge in [-0.2, -0.15) is 5.26 Å². The molecule has 176 valence electrons. The Hall–Kier alpha value is -3.67. The van der Waals surface area contributed by atoms with Crippen LogP contribution in [-0.2, 0) is 0 Å². The van der Waals surface area contributed by atoms with Gasteiger partial charge in [-0.1, -0.05) is 76.6 Å². The lowest BCUT2D eigenvalue weighted by molar-refractivity contribution is 0.102. The van der Waals surface area contributed by atoms with E-state index in [1.54, 1.807) is 18.2 Å². The molecule has 0 bridgehead atoms. The van der Waals surface area contributed by atoms with E-state index in [4.69, 9.17) is 27.0 Å². The number of benzene rings is 3. The average molecular weight is 548 g/mol. The number of hydrogen-bond acceptors (Lipinski definition) is 5. The van der Waals surface area contributed by atoms with Crippen LogP contribution in [0.1, 0.15) is 34.5 Å². The molecule has 0 radical (unpaired) electrons. The largest absolute Gasteiger partial charge is 0.490 e. The maximum absolute atomic E-state index is 13.9. The highest BCUT2D eigenvalue weighted by Gasteiger charge is 2.34. The molecule has 0 aliphatic carbocycles. The summed E-state index contributed by atoms with van der Waals surface area (Å²) in [5.74, 6) is 0.773. The maximum Gasteiger partial charge on any atom is 0.193 e. The van der Waals surface area contributed by atoms with Gasteiger partial charge in [0.25, 0.3) is 0 Å². The Kier molecular flexibility index (Phi) is 7.80.